The summed E-state index contributed by atoms with van der Waals surface area (Å²) >= 11 is 9.27. The maximum absolute atomic E-state index is 7.40. The van der Waals surface area contributed by atoms with E-state index in [9.17, 15) is 0 Å². The van der Waals surface area contributed by atoms with Crippen LogP contribution in [0.2, 0.25) is 5.02 Å². The Kier molecular flexibility index (Phi) is 3.86. The number of anilines is 1. The Labute approximate surface area is 113 Å². The smallest absolute Gasteiger partial charge is 0.143 e. The van der Waals surface area contributed by atoms with Crippen LogP contribution in [0.1, 0.15) is 0 Å². The number of nitrogens with two attached hydrogens (primary N) is 1. The summed E-state index contributed by atoms with van der Waals surface area (Å²) in [5.74, 6) is 0.837. The molecule has 0 amide bonds. The fourth-order valence-corrected chi connectivity index (χ4v) is 2.56. The molecule has 1 unspecified atom stereocenters. The van der Waals surface area contributed by atoms with E-state index in [-0.39, 0.29) is 11.9 Å². The zero-order valence-corrected chi connectivity index (χ0v) is 11.3. The molecule has 7 heteroatoms. The molecule has 0 saturated carbocycles. The molecule has 17 heavy (non-hydrogen) atoms. The highest BCUT2D eigenvalue weighted by Gasteiger charge is 2.24. The Morgan fingerprint density at radius 1 is 1.71 bits per heavy atom. The lowest BCUT2D eigenvalue weighted by Gasteiger charge is -2.33. The van der Waals surface area contributed by atoms with Gasteiger partial charge in [0, 0.05) is 12.7 Å². The van der Waals surface area contributed by atoms with Crippen molar-refractivity contribution in [1.82, 2.24) is 4.98 Å². The highest BCUT2D eigenvalue weighted by molar-refractivity contribution is 9.10. The SMILES string of the molecule is N=C(N)C1CN(c2ncc(Cl)cc2Br)CCO1. The number of halogens is 2. The lowest BCUT2D eigenvalue weighted by molar-refractivity contribution is 0.0823. The molecule has 0 radical (unpaired) electrons. The average Bonchev–Trinajstić information content (AvgIpc) is 2.29. The summed E-state index contributed by atoms with van der Waals surface area (Å²) in [6.07, 6.45) is 1.23. The second-order valence-electron chi connectivity index (χ2n) is 3.72. The van der Waals surface area contributed by atoms with E-state index in [1.807, 2.05) is 4.90 Å². The molecule has 0 spiro atoms. The van der Waals surface area contributed by atoms with E-state index in [1.54, 1.807) is 12.3 Å². The van der Waals surface area contributed by atoms with Crippen molar-refractivity contribution < 1.29 is 4.74 Å². The first-order valence-electron chi connectivity index (χ1n) is 5.09. The molecule has 0 aromatic carbocycles. The van der Waals surface area contributed by atoms with Gasteiger partial charge in [-0.25, -0.2) is 4.98 Å². The van der Waals surface area contributed by atoms with Crippen molar-refractivity contribution in [3.63, 3.8) is 0 Å². The first-order chi connectivity index (χ1) is 8.08. The fraction of sp³-hybridized carbons (Fsp3) is 0.400. The van der Waals surface area contributed by atoms with Gasteiger partial charge in [0.2, 0.25) is 0 Å². The monoisotopic (exact) mass is 318 g/mol. The third-order valence-corrected chi connectivity index (χ3v) is 3.29. The van der Waals surface area contributed by atoms with Gasteiger partial charge in [0.05, 0.1) is 22.6 Å². The topological polar surface area (TPSA) is 75.2 Å². The zero-order valence-electron chi connectivity index (χ0n) is 8.99. The van der Waals surface area contributed by atoms with Gasteiger partial charge in [0.15, 0.2) is 0 Å². The van der Waals surface area contributed by atoms with Gasteiger partial charge in [-0.1, -0.05) is 11.6 Å². The lowest BCUT2D eigenvalue weighted by atomic mass is 10.2. The van der Waals surface area contributed by atoms with Crippen LogP contribution in [0.25, 0.3) is 0 Å². The molecule has 1 saturated heterocycles. The number of pyridine rings is 1. The second kappa shape index (κ2) is 5.20. The molecule has 5 nitrogen and oxygen atoms in total. The maximum Gasteiger partial charge on any atom is 0.143 e. The number of nitrogens with zero attached hydrogens (tertiary/aromatic N) is 2. The Bertz CT molecular complexity index is 442. The normalized spacial score (nSPS) is 20.4. The van der Waals surface area contributed by atoms with Crippen LogP contribution in [0.15, 0.2) is 16.7 Å². The molecule has 1 aliphatic heterocycles. The Morgan fingerprint density at radius 2 is 2.47 bits per heavy atom. The molecule has 92 valence electrons. The minimum absolute atomic E-state index is 0.0415. The van der Waals surface area contributed by atoms with Crippen molar-refractivity contribution in [2.75, 3.05) is 24.6 Å². The van der Waals surface area contributed by atoms with Gasteiger partial charge in [-0.15, -0.1) is 0 Å². The van der Waals surface area contributed by atoms with Gasteiger partial charge in [-0.05, 0) is 22.0 Å². The molecule has 0 bridgehead atoms. The highest BCUT2D eigenvalue weighted by Crippen LogP contribution is 2.27. The molecule has 1 aromatic heterocycles. The van der Waals surface area contributed by atoms with Crippen molar-refractivity contribution in [1.29, 1.82) is 5.41 Å². The van der Waals surface area contributed by atoms with Gasteiger partial charge in [0.25, 0.3) is 0 Å². The van der Waals surface area contributed by atoms with Gasteiger partial charge in [0.1, 0.15) is 17.8 Å². The van der Waals surface area contributed by atoms with E-state index in [1.165, 1.54) is 0 Å². The summed E-state index contributed by atoms with van der Waals surface area (Å²) in [7, 11) is 0. The van der Waals surface area contributed by atoms with Crippen LogP contribution in [-0.4, -0.2) is 36.6 Å². The second-order valence-corrected chi connectivity index (χ2v) is 5.01. The van der Waals surface area contributed by atoms with Crippen LogP contribution in [0.4, 0.5) is 5.82 Å². The number of morpholine rings is 1. The predicted molar refractivity (Wildman–Crippen MR) is 70.8 cm³/mol. The lowest BCUT2D eigenvalue weighted by Crippen LogP contribution is -2.48. The number of nitrogens with one attached hydrogen (secondary N) is 1. The summed E-state index contributed by atoms with van der Waals surface area (Å²) in [4.78, 5) is 6.30. The molecular formula is C10H12BrClN4O. The van der Waals surface area contributed by atoms with Crippen LogP contribution in [0.3, 0.4) is 0 Å². The van der Waals surface area contributed by atoms with Gasteiger partial charge >= 0.3 is 0 Å². The Hall–Kier alpha value is -0.850. The number of aromatic nitrogens is 1. The van der Waals surface area contributed by atoms with Gasteiger partial charge in [-0.2, -0.15) is 0 Å². The molecular weight excluding hydrogens is 307 g/mol. The fourth-order valence-electron chi connectivity index (χ4n) is 1.67. The quantitative estimate of drug-likeness (QED) is 0.642. The van der Waals surface area contributed by atoms with Crippen LogP contribution in [0, 0.1) is 5.41 Å². The van der Waals surface area contributed by atoms with Crippen LogP contribution >= 0.6 is 27.5 Å². The number of ether oxygens (including phenoxy) is 1. The van der Waals surface area contributed by atoms with Crippen LogP contribution < -0.4 is 10.6 Å². The molecule has 3 N–H and O–H groups in total. The molecule has 1 fully saturated rings. The minimum atomic E-state index is -0.367. The summed E-state index contributed by atoms with van der Waals surface area (Å²) in [5.41, 5.74) is 5.45. The van der Waals surface area contributed by atoms with Crippen LogP contribution in [-0.2, 0) is 4.74 Å². The standard InChI is InChI=1S/C10H12BrClN4O/c11-7-3-6(12)4-15-10(7)16-1-2-17-8(5-16)9(13)14/h3-4,8H,1-2,5H2,(H3,13,14). The average molecular weight is 320 g/mol. The Balaban J connectivity index is 2.19. The van der Waals surface area contributed by atoms with Crippen molar-refractivity contribution >= 4 is 39.2 Å². The van der Waals surface area contributed by atoms with Crippen molar-refractivity contribution in [2.45, 2.75) is 6.10 Å². The van der Waals surface area contributed by atoms with Crippen molar-refractivity contribution in [3.8, 4) is 0 Å². The van der Waals surface area contributed by atoms with E-state index < -0.39 is 0 Å². The number of rotatable bonds is 2. The molecule has 1 aromatic rings. The van der Waals surface area contributed by atoms with E-state index in [4.69, 9.17) is 27.5 Å². The molecule has 2 rings (SSSR count). The molecule has 0 aliphatic carbocycles. The molecule has 1 aliphatic rings. The summed E-state index contributed by atoms with van der Waals surface area (Å²) in [5, 5.41) is 7.98. The molecule has 1 atom stereocenters. The van der Waals surface area contributed by atoms with E-state index in [0.29, 0.717) is 18.2 Å². The van der Waals surface area contributed by atoms with E-state index in [0.717, 1.165) is 16.8 Å². The summed E-state index contributed by atoms with van der Waals surface area (Å²) in [6, 6.07) is 1.79. The largest absolute Gasteiger partial charge is 0.385 e. The summed E-state index contributed by atoms with van der Waals surface area (Å²) in [6.45, 7) is 1.78. The third kappa shape index (κ3) is 2.88. The van der Waals surface area contributed by atoms with Gasteiger partial charge < -0.3 is 15.4 Å². The highest BCUT2D eigenvalue weighted by atomic mass is 79.9. The van der Waals surface area contributed by atoms with Crippen molar-refractivity contribution in [3.05, 3.63) is 21.8 Å². The third-order valence-electron chi connectivity index (χ3n) is 2.50. The number of hydrogen-bond donors (Lipinski definition) is 2. The maximum atomic E-state index is 7.40. The van der Waals surface area contributed by atoms with E-state index in [2.05, 4.69) is 20.9 Å². The molecule has 2 heterocycles. The van der Waals surface area contributed by atoms with Gasteiger partial charge in [-0.3, -0.25) is 5.41 Å². The summed E-state index contributed by atoms with van der Waals surface area (Å²) < 4.78 is 6.22. The zero-order chi connectivity index (χ0) is 12.4. The number of amidine groups is 1. The van der Waals surface area contributed by atoms with E-state index >= 15 is 0 Å². The predicted octanol–water partition coefficient (Wildman–Crippen LogP) is 1.64. The first-order valence-corrected chi connectivity index (χ1v) is 6.26. The van der Waals surface area contributed by atoms with Crippen LogP contribution in [0.5, 0.6) is 0 Å². The number of hydrogen-bond acceptors (Lipinski definition) is 4. The van der Waals surface area contributed by atoms with Crippen molar-refractivity contribution in [2.24, 2.45) is 5.73 Å². The Morgan fingerprint density at radius 3 is 3.12 bits per heavy atom. The minimum Gasteiger partial charge on any atom is -0.385 e. The first kappa shape index (κ1) is 12.6.